The zero-order chi connectivity index (χ0) is 13.1. The Morgan fingerprint density at radius 2 is 1.06 bits per heavy atom. The van der Waals surface area contributed by atoms with E-state index in [4.69, 9.17) is 38.9 Å². The van der Waals surface area contributed by atoms with Crippen LogP contribution >= 0.6 is 16.5 Å². The van der Waals surface area contributed by atoms with Crippen LogP contribution in [0.25, 0.3) is 0 Å². The number of benzene rings is 1. The van der Waals surface area contributed by atoms with E-state index in [0.717, 1.165) is 0 Å². The van der Waals surface area contributed by atoms with Crippen LogP contribution in [0.1, 0.15) is 0 Å². The molecular weight excluding hydrogens is 262 g/mol. The molecule has 0 bridgehead atoms. The highest BCUT2D eigenvalue weighted by Gasteiger charge is 1.85. The molecule has 0 atom stereocenters. The summed E-state index contributed by atoms with van der Waals surface area (Å²) in [5.74, 6) is 0.176. The van der Waals surface area contributed by atoms with Gasteiger partial charge < -0.3 is 29.8 Å². The van der Waals surface area contributed by atoms with Crippen molar-refractivity contribution in [1.29, 1.82) is 0 Å². The smallest absolute Gasteiger partial charge is 0.314 e. The number of phenols is 2. The van der Waals surface area contributed by atoms with Crippen molar-refractivity contribution in [3.05, 3.63) is 24.3 Å². The molecule has 0 aliphatic carbocycles. The normalized spacial score (nSPS) is 8.88. The van der Waals surface area contributed by atoms with Crippen LogP contribution in [-0.4, -0.2) is 29.8 Å². The summed E-state index contributed by atoms with van der Waals surface area (Å²) in [6.45, 7) is 0. The van der Waals surface area contributed by atoms with E-state index in [1.165, 1.54) is 18.2 Å². The summed E-state index contributed by atoms with van der Waals surface area (Å²) in [4.78, 5) is 28.6. The van der Waals surface area contributed by atoms with E-state index in [1.54, 1.807) is 6.07 Å². The molecule has 0 amide bonds. The summed E-state index contributed by atoms with van der Waals surface area (Å²) in [6.07, 6.45) is 0. The Labute approximate surface area is 92.0 Å². The maximum Gasteiger partial charge on any atom is 0.314 e. The zero-order valence-corrected chi connectivity index (χ0v) is 9.81. The van der Waals surface area contributed by atoms with Gasteiger partial charge in [-0.15, -0.1) is 0 Å². The van der Waals surface area contributed by atoms with Crippen LogP contribution in [0.2, 0.25) is 0 Å². The molecular formula is C6H12O8P2. The molecule has 0 heterocycles. The molecule has 0 aliphatic heterocycles. The topological polar surface area (TPSA) is 156 Å². The predicted molar refractivity (Wildman–Crippen MR) is 56.6 cm³/mol. The quantitative estimate of drug-likeness (QED) is 0.356. The Balaban J connectivity index is 0. The van der Waals surface area contributed by atoms with Crippen molar-refractivity contribution in [2.24, 2.45) is 0 Å². The summed E-state index contributed by atoms with van der Waals surface area (Å²) in [7, 11) is -6.26. The molecule has 10 heteroatoms. The van der Waals surface area contributed by atoms with Crippen molar-refractivity contribution in [2.45, 2.75) is 0 Å². The molecule has 0 spiro atoms. The fourth-order valence-electron chi connectivity index (χ4n) is 0.493. The highest BCUT2D eigenvalue weighted by atomic mass is 31.1. The number of phenolic OH excluding ortho intramolecular Hbond substituents is 2. The molecule has 0 saturated carbocycles. The third-order valence-electron chi connectivity index (χ3n) is 0.830. The molecule has 0 saturated heterocycles. The zero-order valence-electron chi connectivity index (χ0n) is 7.81. The first-order valence-electron chi connectivity index (χ1n) is 3.57. The van der Waals surface area contributed by atoms with Crippen molar-refractivity contribution in [3.63, 3.8) is 0 Å². The lowest BCUT2D eigenvalue weighted by atomic mass is 10.3. The first-order valence-corrected chi connectivity index (χ1v) is 6.18. The van der Waals surface area contributed by atoms with Gasteiger partial charge in [0.1, 0.15) is 11.5 Å². The Hall–Kier alpha value is -0.880. The molecule has 0 fully saturated rings. The summed E-state index contributed by atoms with van der Waals surface area (Å²) in [6, 6.07) is 5.85. The van der Waals surface area contributed by atoms with Crippen molar-refractivity contribution >= 4 is 16.5 Å². The summed E-state index contributed by atoms with van der Waals surface area (Å²) in [5, 5.41) is 17.3. The van der Waals surface area contributed by atoms with Crippen LogP contribution in [-0.2, 0) is 9.13 Å². The van der Waals surface area contributed by atoms with E-state index in [9.17, 15) is 0 Å². The molecule has 8 nitrogen and oxygen atoms in total. The second-order valence-corrected chi connectivity index (χ2v) is 3.22. The molecule has 1 aromatic rings. The third-order valence-corrected chi connectivity index (χ3v) is 0.830. The Morgan fingerprint density at radius 1 is 0.812 bits per heavy atom. The largest absolute Gasteiger partial charge is 0.508 e. The Kier molecular flexibility index (Phi) is 11.6. The van der Waals surface area contributed by atoms with Gasteiger partial charge in [-0.3, -0.25) is 9.13 Å². The van der Waals surface area contributed by atoms with Gasteiger partial charge in [-0.05, 0) is 12.1 Å². The lowest BCUT2D eigenvalue weighted by Gasteiger charge is -1.89. The van der Waals surface area contributed by atoms with Crippen LogP contribution < -0.4 is 0 Å². The Bertz CT molecular complexity index is 304. The number of aromatic hydroxyl groups is 2. The van der Waals surface area contributed by atoms with Crippen LogP contribution in [0.3, 0.4) is 0 Å². The van der Waals surface area contributed by atoms with E-state index in [2.05, 4.69) is 0 Å². The maximum absolute atomic E-state index is 8.74. The van der Waals surface area contributed by atoms with Crippen molar-refractivity contribution in [2.75, 3.05) is 0 Å². The molecule has 16 heavy (non-hydrogen) atoms. The Morgan fingerprint density at radius 3 is 1.19 bits per heavy atom. The summed E-state index contributed by atoms with van der Waals surface area (Å²) >= 11 is 0. The summed E-state index contributed by atoms with van der Waals surface area (Å²) < 4.78 is 17.5. The van der Waals surface area contributed by atoms with Gasteiger partial charge in [0.2, 0.25) is 0 Å². The number of rotatable bonds is 0. The van der Waals surface area contributed by atoms with Gasteiger partial charge in [0.05, 0.1) is 0 Å². The van der Waals surface area contributed by atoms with Gasteiger partial charge in [-0.25, -0.2) is 0 Å². The minimum Gasteiger partial charge on any atom is -0.508 e. The van der Waals surface area contributed by atoms with Crippen LogP contribution in [0.15, 0.2) is 24.3 Å². The van der Waals surface area contributed by atoms with Gasteiger partial charge in [0.15, 0.2) is 0 Å². The average Bonchev–Trinajstić information content (AvgIpc) is 2.00. The van der Waals surface area contributed by atoms with Crippen molar-refractivity contribution < 1.29 is 38.9 Å². The highest BCUT2D eigenvalue weighted by Crippen LogP contribution is 2.14. The SMILES string of the molecule is O=[PH](O)O.O=[PH](O)O.Oc1cccc(O)c1. The van der Waals surface area contributed by atoms with Crippen LogP contribution in [0.5, 0.6) is 11.5 Å². The molecule has 0 aliphatic rings. The van der Waals surface area contributed by atoms with Gasteiger partial charge in [0, 0.05) is 6.07 Å². The van der Waals surface area contributed by atoms with E-state index in [-0.39, 0.29) is 11.5 Å². The van der Waals surface area contributed by atoms with Crippen LogP contribution in [0.4, 0.5) is 0 Å². The average molecular weight is 274 g/mol. The molecule has 0 unspecified atom stereocenters. The van der Waals surface area contributed by atoms with Crippen molar-refractivity contribution in [3.8, 4) is 11.5 Å². The standard InChI is InChI=1S/C6H6O2.2H3O3P/c7-5-2-1-3-6(8)4-5;2*1-4(2)3/h1-4,7-8H;2*4H,(H2,1,2,3). The first-order chi connectivity index (χ1) is 7.25. The van der Waals surface area contributed by atoms with Gasteiger partial charge in [-0.1, -0.05) is 6.07 Å². The molecule has 6 N–H and O–H groups in total. The minimum atomic E-state index is -3.13. The first kappa shape index (κ1) is 17.5. The lowest BCUT2D eigenvalue weighted by Crippen LogP contribution is -1.61. The second kappa shape index (κ2) is 10.6. The van der Waals surface area contributed by atoms with Crippen LogP contribution in [0, 0.1) is 0 Å². The van der Waals surface area contributed by atoms with E-state index < -0.39 is 16.5 Å². The second-order valence-electron chi connectivity index (χ2n) is 2.09. The van der Waals surface area contributed by atoms with Gasteiger partial charge >= 0.3 is 16.5 Å². The van der Waals surface area contributed by atoms with Gasteiger partial charge in [-0.2, -0.15) is 0 Å². The molecule has 94 valence electrons. The van der Waals surface area contributed by atoms with Gasteiger partial charge in [0.25, 0.3) is 0 Å². The minimum absolute atomic E-state index is 0.0880. The highest BCUT2D eigenvalue weighted by molar-refractivity contribution is 7.31. The lowest BCUT2D eigenvalue weighted by molar-refractivity contribution is 0.403. The van der Waals surface area contributed by atoms with Crippen molar-refractivity contribution in [1.82, 2.24) is 0 Å². The molecule has 1 aromatic carbocycles. The summed E-state index contributed by atoms with van der Waals surface area (Å²) in [5.41, 5.74) is 0. The maximum atomic E-state index is 8.74. The molecule has 0 aromatic heterocycles. The molecule has 1 rings (SSSR count). The fourth-order valence-corrected chi connectivity index (χ4v) is 0.493. The number of hydrogen-bond donors (Lipinski definition) is 6. The van der Waals surface area contributed by atoms with E-state index >= 15 is 0 Å². The predicted octanol–water partition coefficient (Wildman–Crippen LogP) is -0.181. The monoisotopic (exact) mass is 274 g/mol. The van der Waals surface area contributed by atoms with E-state index in [1.807, 2.05) is 0 Å². The fraction of sp³-hybridized carbons (Fsp3) is 0. The molecule has 0 radical (unpaired) electrons. The third kappa shape index (κ3) is 23.2. The number of hydrogen-bond acceptors (Lipinski definition) is 4. The van der Waals surface area contributed by atoms with E-state index in [0.29, 0.717) is 0 Å².